The molecule has 3 N–H and O–H groups in total. The van der Waals surface area contributed by atoms with Crippen LogP contribution in [-0.4, -0.2) is 44.0 Å². The van der Waals surface area contributed by atoms with Gasteiger partial charge in [-0.15, -0.1) is 23.1 Å². The summed E-state index contributed by atoms with van der Waals surface area (Å²) in [5, 5.41) is 9.21. The Labute approximate surface area is 129 Å². The molecule has 0 radical (unpaired) electrons. The van der Waals surface area contributed by atoms with Gasteiger partial charge in [-0.2, -0.15) is 0 Å². The molecule has 1 aromatic heterocycles. The lowest BCUT2D eigenvalue weighted by Gasteiger charge is -2.48. The molecule has 2 aliphatic rings. The van der Waals surface area contributed by atoms with Crippen molar-refractivity contribution in [2.24, 2.45) is 5.73 Å². The molecular formula is C13H13N3O3S2. The zero-order valence-electron chi connectivity index (χ0n) is 11.2. The summed E-state index contributed by atoms with van der Waals surface area (Å²) in [4.78, 5) is 29.8. The summed E-state index contributed by atoms with van der Waals surface area (Å²) in [6, 6.07) is -0.621. The SMILES string of the molecule is C=C(C1=C(C(=O)O)N2C(=O)C(N)[C@H]2SC1)c1scnc1C. The van der Waals surface area contributed by atoms with Crippen molar-refractivity contribution in [3.8, 4) is 0 Å². The summed E-state index contributed by atoms with van der Waals surface area (Å²) in [7, 11) is 0. The van der Waals surface area contributed by atoms with Gasteiger partial charge in [-0.25, -0.2) is 9.78 Å². The van der Waals surface area contributed by atoms with E-state index in [1.807, 2.05) is 6.92 Å². The maximum Gasteiger partial charge on any atom is 0.352 e. The highest BCUT2D eigenvalue weighted by Crippen LogP contribution is 2.43. The van der Waals surface area contributed by atoms with Crippen LogP contribution in [0.1, 0.15) is 10.6 Å². The highest BCUT2D eigenvalue weighted by atomic mass is 32.2. The van der Waals surface area contributed by atoms with Crippen molar-refractivity contribution in [2.75, 3.05) is 5.75 Å². The minimum atomic E-state index is -1.13. The highest BCUT2D eigenvalue weighted by molar-refractivity contribution is 8.00. The number of hydrogen-bond acceptors (Lipinski definition) is 6. The summed E-state index contributed by atoms with van der Waals surface area (Å²) in [6.07, 6.45) is 0. The third-order valence-electron chi connectivity index (χ3n) is 3.60. The Balaban J connectivity index is 2.07. The van der Waals surface area contributed by atoms with Gasteiger partial charge in [0.1, 0.15) is 17.1 Å². The molecule has 1 saturated heterocycles. The van der Waals surface area contributed by atoms with E-state index < -0.39 is 12.0 Å². The van der Waals surface area contributed by atoms with E-state index in [1.165, 1.54) is 28.0 Å². The molecule has 0 spiro atoms. The fourth-order valence-corrected chi connectivity index (χ4v) is 4.61. The monoisotopic (exact) mass is 323 g/mol. The van der Waals surface area contributed by atoms with E-state index >= 15 is 0 Å². The number of carboxylic acids is 1. The summed E-state index contributed by atoms with van der Waals surface area (Å²) in [5.41, 5.74) is 9.41. The minimum absolute atomic E-state index is 0.00301. The number of aryl methyl sites for hydroxylation is 1. The van der Waals surface area contributed by atoms with Crippen molar-refractivity contribution in [2.45, 2.75) is 18.3 Å². The number of carbonyl (C=O) groups is 2. The first-order valence-corrected chi connectivity index (χ1v) is 8.12. The average molecular weight is 323 g/mol. The smallest absolute Gasteiger partial charge is 0.352 e. The first-order chi connectivity index (χ1) is 9.93. The number of allylic oxidation sites excluding steroid dienone is 1. The van der Waals surface area contributed by atoms with Gasteiger partial charge < -0.3 is 10.8 Å². The third-order valence-corrected chi connectivity index (χ3v) is 5.89. The zero-order valence-corrected chi connectivity index (χ0v) is 12.8. The number of aromatic nitrogens is 1. The maximum absolute atomic E-state index is 11.9. The van der Waals surface area contributed by atoms with Gasteiger partial charge in [-0.3, -0.25) is 9.69 Å². The van der Waals surface area contributed by atoms with E-state index in [4.69, 9.17) is 5.73 Å². The lowest BCUT2D eigenvalue weighted by atomic mass is 9.99. The van der Waals surface area contributed by atoms with Crippen LogP contribution in [0, 0.1) is 6.92 Å². The van der Waals surface area contributed by atoms with Crippen molar-refractivity contribution in [3.63, 3.8) is 0 Å². The molecule has 1 aromatic rings. The third kappa shape index (κ3) is 2.02. The van der Waals surface area contributed by atoms with E-state index in [-0.39, 0.29) is 17.0 Å². The van der Waals surface area contributed by atoms with E-state index in [2.05, 4.69) is 11.6 Å². The molecule has 0 saturated carbocycles. The molecule has 8 heteroatoms. The molecular weight excluding hydrogens is 310 g/mol. The van der Waals surface area contributed by atoms with E-state index in [1.54, 1.807) is 5.51 Å². The molecule has 110 valence electrons. The number of carboxylic acid groups (broad SMARTS) is 1. The van der Waals surface area contributed by atoms with Gasteiger partial charge in [-0.1, -0.05) is 6.58 Å². The molecule has 3 heterocycles. The van der Waals surface area contributed by atoms with Crippen molar-refractivity contribution < 1.29 is 14.7 Å². The second-order valence-corrected chi connectivity index (χ2v) is 6.77. The molecule has 0 bridgehead atoms. The van der Waals surface area contributed by atoms with Crippen LogP contribution in [0.3, 0.4) is 0 Å². The number of carbonyl (C=O) groups excluding carboxylic acids is 1. The number of thioether (sulfide) groups is 1. The van der Waals surface area contributed by atoms with Crippen LogP contribution in [-0.2, 0) is 9.59 Å². The second-order valence-electron chi connectivity index (χ2n) is 4.81. The summed E-state index contributed by atoms with van der Waals surface area (Å²) in [6.45, 7) is 5.86. The molecule has 2 atom stereocenters. The molecule has 21 heavy (non-hydrogen) atoms. The Bertz CT molecular complexity index is 695. The molecule has 3 rings (SSSR count). The average Bonchev–Trinajstić information content (AvgIpc) is 2.90. The summed E-state index contributed by atoms with van der Waals surface area (Å²) < 4.78 is 0. The van der Waals surface area contributed by atoms with E-state index in [0.29, 0.717) is 16.9 Å². The van der Waals surface area contributed by atoms with Crippen molar-refractivity contribution in [1.29, 1.82) is 0 Å². The van der Waals surface area contributed by atoms with Crippen molar-refractivity contribution >= 4 is 40.5 Å². The number of fused-ring (bicyclic) bond motifs is 1. The number of nitrogens with zero attached hydrogens (tertiary/aromatic N) is 2. The van der Waals surface area contributed by atoms with Crippen LogP contribution in [0.2, 0.25) is 0 Å². The predicted octanol–water partition coefficient (Wildman–Crippen LogP) is 1.05. The first-order valence-electron chi connectivity index (χ1n) is 6.20. The predicted molar refractivity (Wildman–Crippen MR) is 81.6 cm³/mol. The number of β-lactam (4-membered cyclic amide) rings is 1. The van der Waals surface area contributed by atoms with Crippen molar-refractivity contribution in [3.05, 3.63) is 33.9 Å². The number of aliphatic carboxylic acids is 1. The Morgan fingerprint density at radius 1 is 1.62 bits per heavy atom. The fraction of sp³-hybridized carbons (Fsp3) is 0.308. The van der Waals surface area contributed by atoms with Gasteiger partial charge in [0.15, 0.2) is 0 Å². The second kappa shape index (κ2) is 4.97. The number of thiazole rings is 1. The molecule has 1 unspecified atom stereocenters. The van der Waals surface area contributed by atoms with Gasteiger partial charge in [0.05, 0.1) is 16.1 Å². The number of hydrogen-bond donors (Lipinski definition) is 2. The van der Waals surface area contributed by atoms with Crippen LogP contribution >= 0.6 is 23.1 Å². The molecule has 2 aliphatic heterocycles. The lowest BCUT2D eigenvalue weighted by Crippen LogP contribution is -2.68. The Kier molecular flexibility index (Phi) is 3.39. The molecule has 1 amide bonds. The maximum atomic E-state index is 11.9. The standard InChI is InChI=1S/C13H13N3O3S2/c1-5(10-6(2)15-4-21-10)7-3-20-12-8(14)11(17)16(12)9(7)13(18)19/h4,8,12H,1,3,14H2,2H3,(H,18,19)/t8?,12-/m1/s1. The zero-order chi connectivity index (χ0) is 15.3. The van der Waals surface area contributed by atoms with Crippen LogP contribution < -0.4 is 5.73 Å². The van der Waals surface area contributed by atoms with Crippen LogP contribution in [0.4, 0.5) is 0 Å². The van der Waals surface area contributed by atoms with Gasteiger partial charge in [0.2, 0.25) is 5.91 Å². The number of rotatable bonds is 3. The van der Waals surface area contributed by atoms with E-state index in [9.17, 15) is 14.7 Å². The highest BCUT2D eigenvalue weighted by Gasteiger charge is 2.52. The summed E-state index contributed by atoms with van der Waals surface area (Å²) in [5.74, 6) is -1.00. The lowest BCUT2D eigenvalue weighted by molar-refractivity contribution is -0.147. The van der Waals surface area contributed by atoms with E-state index in [0.717, 1.165) is 10.6 Å². The molecule has 0 aliphatic carbocycles. The number of nitrogens with two attached hydrogens (primary N) is 1. The molecule has 1 fully saturated rings. The van der Waals surface area contributed by atoms with Gasteiger partial charge in [-0.05, 0) is 12.5 Å². The van der Waals surface area contributed by atoms with Crippen LogP contribution in [0.5, 0.6) is 0 Å². The topological polar surface area (TPSA) is 96.5 Å². The molecule has 0 aromatic carbocycles. The number of amides is 1. The Morgan fingerprint density at radius 3 is 2.90 bits per heavy atom. The summed E-state index contributed by atoms with van der Waals surface area (Å²) >= 11 is 2.88. The van der Waals surface area contributed by atoms with Gasteiger partial charge in [0, 0.05) is 11.3 Å². The van der Waals surface area contributed by atoms with Gasteiger partial charge >= 0.3 is 5.97 Å². The Morgan fingerprint density at radius 2 is 2.33 bits per heavy atom. The molecule has 6 nitrogen and oxygen atoms in total. The van der Waals surface area contributed by atoms with Crippen LogP contribution in [0.15, 0.2) is 23.4 Å². The minimum Gasteiger partial charge on any atom is -0.477 e. The normalized spacial score (nSPS) is 24.7. The fourth-order valence-electron chi connectivity index (χ4n) is 2.48. The van der Waals surface area contributed by atoms with Crippen molar-refractivity contribution in [1.82, 2.24) is 9.88 Å². The first kappa shape index (κ1) is 14.3. The van der Waals surface area contributed by atoms with Gasteiger partial charge in [0.25, 0.3) is 0 Å². The Hall–Kier alpha value is -1.64. The quantitative estimate of drug-likeness (QED) is 0.807. The largest absolute Gasteiger partial charge is 0.477 e. The van der Waals surface area contributed by atoms with Crippen LogP contribution in [0.25, 0.3) is 5.57 Å².